The van der Waals surface area contributed by atoms with Crippen molar-refractivity contribution < 1.29 is 14.3 Å². The van der Waals surface area contributed by atoms with Crippen molar-refractivity contribution in [2.45, 2.75) is 18.9 Å². The first kappa shape index (κ1) is 18.8. The van der Waals surface area contributed by atoms with Crippen LogP contribution >= 0.6 is 0 Å². The van der Waals surface area contributed by atoms with Gasteiger partial charge < -0.3 is 14.9 Å². The molecule has 1 saturated heterocycles. The van der Waals surface area contributed by atoms with Crippen LogP contribution < -0.4 is 0 Å². The van der Waals surface area contributed by atoms with Crippen molar-refractivity contribution in [3.8, 4) is 0 Å². The molecule has 5 nitrogen and oxygen atoms in total. The number of rotatable bonds is 7. The molecule has 134 valence electrons. The molecular formula is C18H28FN3O2. The highest BCUT2D eigenvalue weighted by molar-refractivity contribution is 5.76. The predicted octanol–water partition coefficient (Wildman–Crippen LogP) is 0.825. The maximum atomic E-state index is 13.1. The average molecular weight is 337 g/mol. The highest BCUT2D eigenvalue weighted by Crippen LogP contribution is 2.08. The Kier molecular flexibility index (Phi) is 7.15. The van der Waals surface area contributed by atoms with Crippen molar-refractivity contribution in [2.24, 2.45) is 0 Å². The van der Waals surface area contributed by atoms with E-state index >= 15 is 0 Å². The third-order valence-corrected chi connectivity index (χ3v) is 4.49. The number of nitrogens with zero attached hydrogens (tertiary/aromatic N) is 3. The number of carbonyl (C=O) groups excluding carboxylic acids is 1. The molecule has 0 bridgehead atoms. The Balaban J connectivity index is 1.70. The van der Waals surface area contributed by atoms with Gasteiger partial charge in [-0.2, -0.15) is 0 Å². The van der Waals surface area contributed by atoms with Gasteiger partial charge in [0.25, 0.3) is 0 Å². The maximum absolute atomic E-state index is 13.1. The summed E-state index contributed by atoms with van der Waals surface area (Å²) in [5, 5.41) is 10.2. The summed E-state index contributed by atoms with van der Waals surface area (Å²) in [6.45, 7) is 4.84. The first-order chi connectivity index (χ1) is 11.4. The number of benzene rings is 1. The first-order valence-corrected chi connectivity index (χ1v) is 8.51. The lowest BCUT2D eigenvalue weighted by Gasteiger charge is -2.34. The van der Waals surface area contributed by atoms with Crippen LogP contribution in [0.15, 0.2) is 24.3 Å². The van der Waals surface area contributed by atoms with Gasteiger partial charge in [-0.05, 0) is 31.2 Å². The van der Waals surface area contributed by atoms with Crippen LogP contribution in [-0.2, 0) is 11.2 Å². The number of halogens is 1. The maximum Gasteiger partial charge on any atom is 0.222 e. The smallest absolute Gasteiger partial charge is 0.222 e. The molecule has 0 spiro atoms. The summed E-state index contributed by atoms with van der Waals surface area (Å²) in [6, 6.07) is 6.32. The molecule has 2 rings (SSSR count). The third kappa shape index (κ3) is 6.19. The number of β-amino-alcohol motifs (C(OH)–C–C–N with tert-alkyl or cyclic N) is 1. The normalized spacial score (nSPS) is 17.7. The van der Waals surface area contributed by atoms with Crippen LogP contribution in [0.25, 0.3) is 0 Å². The second kappa shape index (κ2) is 9.11. The summed E-state index contributed by atoms with van der Waals surface area (Å²) < 4.78 is 13.1. The summed E-state index contributed by atoms with van der Waals surface area (Å²) in [4.78, 5) is 18.2. The van der Waals surface area contributed by atoms with Gasteiger partial charge in [0, 0.05) is 52.7 Å². The van der Waals surface area contributed by atoms with Crippen molar-refractivity contribution in [1.82, 2.24) is 14.7 Å². The van der Waals surface area contributed by atoms with E-state index in [0.29, 0.717) is 25.9 Å². The van der Waals surface area contributed by atoms with Crippen LogP contribution in [0.4, 0.5) is 4.39 Å². The lowest BCUT2D eigenvalue weighted by molar-refractivity contribution is -0.131. The number of aliphatic hydroxyl groups excluding tert-OH is 1. The van der Waals surface area contributed by atoms with E-state index in [0.717, 1.165) is 31.7 Å². The molecule has 0 radical (unpaired) electrons. The summed E-state index contributed by atoms with van der Waals surface area (Å²) in [5.74, 6) is -0.312. The van der Waals surface area contributed by atoms with Gasteiger partial charge in [-0.25, -0.2) is 4.39 Å². The molecule has 6 heteroatoms. The Hall–Kier alpha value is -1.50. The lowest BCUT2D eigenvalue weighted by atomic mass is 10.1. The third-order valence-electron chi connectivity index (χ3n) is 4.49. The van der Waals surface area contributed by atoms with Crippen molar-refractivity contribution in [2.75, 3.05) is 53.4 Å². The first-order valence-electron chi connectivity index (χ1n) is 8.51. The Bertz CT molecular complexity index is 533. The molecule has 1 aromatic rings. The summed E-state index contributed by atoms with van der Waals surface area (Å²) in [6.07, 6.45) is 0.285. The molecule has 1 aromatic carbocycles. The molecule has 1 fully saturated rings. The topological polar surface area (TPSA) is 47.0 Å². The summed E-state index contributed by atoms with van der Waals surface area (Å²) >= 11 is 0. The predicted molar refractivity (Wildman–Crippen MR) is 92.3 cm³/mol. The Morgan fingerprint density at radius 2 is 2.04 bits per heavy atom. The fraction of sp³-hybridized carbons (Fsp3) is 0.611. The van der Waals surface area contributed by atoms with Gasteiger partial charge in [0.2, 0.25) is 5.91 Å². The van der Waals surface area contributed by atoms with E-state index in [9.17, 15) is 14.3 Å². The van der Waals surface area contributed by atoms with Gasteiger partial charge in [0.15, 0.2) is 0 Å². The number of aliphatic hydroxyl groups is 1. The Morgan fingerprint density at radius 1 is 1.33 bits per heavy atom. The fourth-order valence-electron chi connectivity index (χ4n) is 2.94. The van der Waals surface area contributed by atoms with Crippen LogP contribution in [0, 0.1) is 5.82 Å². The molecule has 0 aliphatic carbocycles. The van der Waals surface area contributed by atoms with Gasteiger partial charge in [-0.3, -0.25) is 9.69 Å². The molecule has 1 heterocycles. The monoisotopic (exact) mass is 337 g/mol. The largest absolute Gasteiger partial charge is 0.390 e. The van der Waals surface area contributed by atoms with Gasteiger partial charge in [0.05, 0.1) is 6.10 Å². The van der Waals surface area contributed by atoms with E-state index in [4.69, 9.17) is 0 Å². The zero-order chi connectivity index (χ0) is 17.5. The molecule has 1 unspecified atom stereocenters. The second-order valence-corrected chi connectivity index (χ2v) is 6.66. The number of hydrogen-bond acceptors (Lipinski definition) is 4. The van der Waals surface area contributed by atoms with Gasteiger partial charge in [-0.15, -0.1) is 0 Å². The number of hydrogen-bond donors (Lipinski definition) is 1. The van der Waals surface area contributed by atoms with Gasteiger partial charge in [-0.1, -0.05) is 12.1 Å². The van der Waals surface area contributed by atoms with Crippen molar-refractivity contribution in [3.63, 3.8) is 0 Å². The van der Waals surface area contributed by atoms with Gasteiger partial charge in [0.1, 0.15) is 5.82 Å². The number of likely N-dealkylation sites (N-methyl/N-ethyl adjacent to an activating group) is 2. The van der Waals surface area contributed by atoms with Crippen LogP contribution in [0.1, 0.15) is 12.0 Å². The highest BCUT2D eigenvalue weighted by atomic mass is 19.1. The van der Waals surface area contributed by atoms with Crippen LogP contribution in [0.5, 0.6) is 0 Å². The Labute approximate surface area is 143 Å². The molecule has 1 aliphatic rings. The minimum Gasteiger partial charge on any atom is -0.390 e. The highest BCUT2D eigenvalue weighted by Gasteiger charge is 2.19. The van der Waals surface area contributed by atoms with E-state index in [-0.39, 0.29) is 11.7 Å². The van der Waals surface area contributed by atoms with Crippen molar-refractivity contribution in [1.29, 1.82) is 0 Å². The molecule has 0 saturated carbocycles. The molecule has 0 aromatic heterocycles. The number of amides is 1. The average Bonchev–Trinajstić information content (AvgIpc) is 2.54. The molecule has 24 heavy (non-hydrogen) atoms. The molecule has 1 N–H and O–H groups in total. The standard InChI is InChI=1S/C18H28FN3O2/c1-20-8-10-22(11-9-20)14-17(23)13-21(2)18(24)7-6-15-4-3-5-16(19)12-15/h3-5,12,17,23H,6-11,13-14H2,1-2H3. The quantitative estimate of drug-likeness (QED) is 0.800. The molecule has 1 atom stereocenters. The lowest BCUT2D eigenvalue weighted by Crippen LogP contribution is -2.49. The molecule has 1 amide bonds. The molecular weight excluding hydrogens is 309 g/mol. The van der Waals surface area contributed by atoms with E-state index in [2.05, 4.69) is 16.8 Å². The minimum absolute atomic E-state index is 0.0308. The van der Waals surface area contributed by atoms with E-state index in [1.54, 1.807) is 18.0 Å². The zero-order valence-electron chi connectivity index (χ0n) is 14.6. The second-order valence-electron chi connectivity index (χ2n) is 6.66. The van der Waals surface area contributed by atoms with E-state index in [1.807, 2.05) is 6.07 Å². The van der Waals surface area contributed by atoms with E-state index in [1.165, 1.54) is 12.1 Å². The number of carbonyl (C=O) groups is 1. The van der Waals surface area contributed by atoms with Crippen LogP contribution in [0.2, 0.25) is 0 Å². The summed E-state index contributed by atoms with van der Waals surface area (Å²) in [5.41, 5.74) is 0.815. The number of piperazine rings is 1. The van der Waals surface area contributed by atoms with Gasteiger partial charge >= 0.3 is 0 Å². The van der Waals surface area contributed by atoms with Crippen molar-refractivity contribution in [3.05, 3.63) is 35.6 Å². The summed E-state index contributed by atoms with van der Waals surface area (Å²) in [7, 11) is 3.81. The van der Waals surface area contributed by atoms with E-state index < -0.39 is 6.10 Å². The SMILES string of the molecule is CN1CCN(CC(O)CN(C)C(=O)CCc2cccc(F)c2)CC1. The fourth-order valence-corrected chi connectivity index (χ4v) is 2.94. The van der Waals surface area contributed by atoms with Crippen LogP contribution in [-0.4, -0.2) is 85.2 Å². The Morgan fingerprint density at radius 3 is 2.71 bits per heavy atom. The molecule has 1 aliphatic heterocycles. The minimum atomic E-state index is -0.545. The van der Waals surface area contributed by atoms with Crippen LogP contribution in [0.3, 0.4) is 0 Å². The van der Waals surface area contributed by atoms with Crippen molar-refractivity contribution >= 4 is 5.91 Å². The number of aryl methyl sites for hydroxylation is 1. The zero-order valence-corrected chi connectivity index (χ0v) is 14.6.